The predicted molar refractivity (Wildman–Crippen MR) is 255 cm³/mol. The van der Waals surface area contributed by atoms with E-state index in [0.717, 1.165) is 88.8 Å². The highest BCUT2D eigenvalue weighted by Crippen LogP contribution is 2.42. The third-order valence-electron chi connectivity index (χ3n) is 12.1. The summed E-state index contributed by atoms with van der Waals surface area (Å²) in [6.45, 7) is 0. The maximum absolute atomic E-state index is 6.26. The molecule has 10 aromatic carbocycles. The van der Waals surface area contributed by atoms with Crippen molar-refractivity contribution >= 4 is 71.7 Å². The first-order chi connectivity index (χ1) is 30.2. The number of nitrogens with zero attached hydrogens (tertiary/aromatic N) is 1. The Balaban J connectivity index is 0.955. The third-order valence-corrected chi connectivity index (χ3v) is 12.1. The molecule has 0 fully saturated rings. The van der Waals surface area contributed by atoms with E-state index in [1.54, 1.807) is 0 Å². The highest BCUT2D eigenvalue weighted by molar-refractivity contribution is 6.12. The average molecular weight is 780 g/mol. The largest absolute Gasteiger partial charge is 0.456 e. The van der Waals surface area contributed by atoms with Crippen LogP contribution in [0, 0.1) is 0 Å². The van der Waals surface area contributed by atoms with Crippen molar-refractivity contribution in [1.82, 2.24) is 0 Å². The Kier molecular flexibility index (Phi) is 8.17. The summed E-state index contributed by atoms with van der Waals surface area (Å²) in [4.78, 5) is 2.35. The lowest BCUT2D eigenvalue weighted by Crippen LogP contribution is -2.10. The predicted octanol–water partition coefficient (Wildman–Crippen LogP) is 16.8. The molecular weight excluding hydrogens is 743 g/mol. The quantitative estimate of drug-likeness (QED) is 0.161. The minimum Gasteiger partial charge on any atom is -0.456 e. The standard InChI is InChI=1S/C58H37NO2/c1-2-17-48-39(11-1)12-9-20-49(48)44-15-7-13-41(35-44)42-14-8-16-47(36-42)59(45-30-25-38(26-31-45)43-29-34-56-53(37-43)51-18-3-5-22-54(51)60-56)46-32-27-40(28-33-46)50-21-10-24-57-58(50)52-19-4-6-23-55(52)61-57/h1-37H. The Bertz CT molecular complexity index is 3590. The molecule has 0 aliphatic rings. The van der Waals surface area contributed by atoms with Gasteiger partial charge in [-0.25, -0.2) is 0 Å². The molecule has 286 valence electrons. The zero-order valence-corrected chi connectivity index (χ0v) is 33.1. The smallest absolute Gasteiger partial charge is 0.136 e. The van der Waals surface area contributed by atoms with Crippen molar-refractivity contribution < 1.29 is 8.83 Å². The highest BCUT2D eigenvalue weighted by atomic mass is 16.3. The van der Waals surface area contributed by atoms with Gasteiger partial charge in [-0.15, -0.1) is 0 Å². The van der Waals surface area contributed by atoms with Crippen molar-refractivity contribution in [2.75, 3.05) is 4.90 Å². The molecule has 0 N–H and O–H groups in total. The summed E-state index contributed by atoms with van der Waals surface area (Å²) in [5, 5.41) is 7.01. The summed E-state index contributed by atoms with van der Waals surface area (Å²) in [7, 11) is 0. The van der Waals surface area contributed by atoms with Gasteiger partial charge in [-0.1, -0.05) is 152 Å². The molecule has 3 nitrogen and oxygen atoms in total. The Labute approximate surface area is 353 Å². The second-order valence-corrected chi connectivity index (χ2v) is 15.7. The second-order valence-electron chi connectivity index (χ2n) is 15.7. The molecule has 0 unspecified atom stereocenters. The van der Waals surface area contributed by atoms with E-state index >= 15 is 0 Å². The summed E-state index contributed by atoms with van der Waals surface area (Å²) >= 11 is 0. The lowest BCUT2D eigenvalue weighted by atomic mass is 9.95. The van der Waals surface area contributed by atoms with Crippen LogP contribution in [0.15, 0.2) is 233 Å². The van der Waals surface area contributed by atoms with Gasteiger partial charge in [0.25, 0.3) is 0 Å². The van der Waals surface area contributed by atoms with Gasteiger partial charge in [-0.2, -0.15) is 0 Å². The number of benzene rings is 10. The fraction of sp³-hybridized carbons (Fsp3) is 0. The van der Waals surface area contributed by atoms with Crippen molar-refractivity contribution in [3.63, 3.8) is 0 Å². The Morgan fingerprint density at radius 2 is 0.787 bits per heavy atom. The maximum atomic E-state index is 6.26. The summed E-state index contributed by atoms with van der Waals surface area (Å²) in [6, 6.07) is 80.1. The zero-order valence-electron chi connectivity index (χ0n) is 33.1. The van der Waals surface area contributed by atoms with Crippen LogP contribution in [0.5, 0.6) is 0 Å². The van der Waals surface area contributed by atoms with Gasteiger partial charge in [-0.3, -0.25) is 0 Å². The van der Waals surface area contributed by atoms with Gasteiger partial charge in [0, 0.05) is 38.6 Å². The van der Waals surface area contributed by atoms with Crippen LogP contribution < -0.4 is 4.90 Å². The molecule has 2 aromatic heterocycles. The summed E-state index contributed by atoms with van der Waals surface area (Å²) in [5.41, 5.74) is 16.1. The SMILES string of the molecule is c1cc(-c2cccc(N(c3ccc(-c4ccc5oc6ccccc6c5c4)cc3)c3ccc(-c4cccc5oc6ccccc6c45)cc3)c2)cc(-c2cccc3ccccc23)c1. The average Bonchev–Trinajstić information content (AvgIpc) is 3.90. The van der Waals surface area contributed by atoms with E-state index in [1.165, 1.54) is 27.5 Å². The Morgan fingerprint density at radius 1 is 0.262 bits per heavy atom. The Hall–Kier alpha value is -8.14. The molecule has 12 aromatic rings. The molecule has 0 saturated heterocycles. The van der Waals surface area contributed by atoms with Gasteiger partial charge in [0.05, 0.1) is 0 Å². The highest BCUT2D eigenvalue weighted by Gasteiger charge is 2.17. The second kappa shape index (κ2) is 14.3. The number of anilines is 3. The number of hydrogen-bond acceptors (Lipinski definition) is 3. The van der Waals surface area contributed by atoms with Gasteiger partial charge in [0.1, 0.15) is 22.3 Å². The lowest BCUT2D eigenvalue weighted by molar-refractivity contribution is 0.668. The number of furan rings is 2. The molecule has 0 amide bonds. The van der Waals surface area contributed by atoms with Gasteiger partial charge in [0.2, 0.25) is 0 Å². The number of fused-ring (bicyclic) bond motifs is 7. The molecule has 0 aliphatic heterocycles. The van der Waals surface area contributed by atoms with E-state index < -0.39 is 0 Å². The van der Waals surface area contributed by atoms with Crippen molar-refractivity contribution in [3.05, 3.63) is 224 Å². The van der Waals surface area contributed by atoms with Crippen LogP contribution in [0.25, 0.3) is 99.2 Å². The van der Waals surface area contributed by atoms with Gasteiger partial charge in [0.15, 0.2) is 0 Å². The maximum Gasteiger partial charge on any atom is 0.136 e. The molecular formula is C58H37NO2. The summed E-state index contributed by atoms with van der Waals surface area (Å²) in [5.74, 6) is 0. The minimum atomic E-state index is 0.894. The number of para-hydroxylation sites is 2. The molecule has 0 aliphatic carbocycles. The molecule has 2 heterocycles. The summed E-state index contributed by atoms with van der Waals surface area (Å²) in [6.07, 6.45) is 0. The van der Waals surface area contributed by atoms with Crippen LogP contribution in [0.4, 0.5) is 17.1 Å². The van der Waals surface area contributed by atoms with E-state index in [9.17, 15) is 0 Å². The molecule has 61 heavy (non-hydrogen) atoms. The van der Waals surface area contributed by atoms with Gasteiger partial charge in [-0.05, 0) is 128 Å². The van der Waals surface area contributed by atoms with E-state index in [1.807, 2.05) is 24.3 Å². The van der Waals surface area contributed by atoms with Crippen molar-refractivity contribution in [2.45, 2.75) is 0 Å². The Morgan fingerprint density at radius 3 is 1.61 bits per heavy atom. The molecule has 0 radical (unpaired) electrons. The third kappa shape index (κ3) is 6.06. The topological polar surface area (TPSA) is 29.5 Å². The van der Waals surface area contributed by atoms with Crippen LogP contribution in [0.3, 0.4) is 0 Å². The van der Waals surface area contributed by atoms with E-state index in [-0.39, 0.29) is 0 Å². The molecule has 0 atom stereocenters. The zero-order chi connectivity index (χ0) is 40.3. The van der Waals surface area contributed by atoms with Crippen LogP contribution in [-0.4, -0.2) is 0 Å². The first-order valence-corrected chi connectivity index (χ1v) is 20.7. The fourth-order valence-electron chi connectivity index (χ4n) is 9.13. The first kappa shape index (κ1) is 34.9. The molecule has 0 saturated carbocycles. The summed E-state index contributed by atoms with van der Waals surface area (Å²) < 4.78 is 12.4. The van der Waals surface area contributed by atoms with Crippen LogP contribution in [-0.2, 0) is 0 Å². The van der Waals surface area contributed by atoms with Gasteiger partial charge >= 0.3 is 0 Å². The molecule has 3 heteroatoms. The van der Waals surface area contributed by atoms with E-state index in [4.69, 9.17) is 8.83 Å². The fourth-order valence-corrected chi connectivity index (χ4v) is 9.13. The van der Waals surface area contributed by atoms with Crippen LogP contribution >= 0.6 is 0 Å². The number of hydrogen-bond donors (Lipinski definition) is 0. The molecule has 0 spiro atoms. The molecule has 12 rings (SSSR count). The molecule has 0 bridgehead atoms. The van der Waals surface area contributed by atoms with E-state index in [0.29, 0.717) is 0 Å². The van der Waals surface area contributed by atoms with E-state index in [2.05, 4.69) is 205 Å². The van der Waals surface area contributed by atoms with Crippen molar-refractivity contribution in [3.8, 4) is 44.5 Å². The van der Waals surface area contributed by atoms with Crippen molar-refractivity contribution in [1.29, 1.82) is 0 Å². The van der Waals surface area contributed by atoms with Crippen LogP contribution in [0.1, 0.15) is 0 Å². The normalized spacial score (nSPS) is 11.6. The van der Waals surface area contributed by atoms with Gasteiger partial charge < -0.3 is 13.7 Å². The lowest BCUT2D eigenvalue weighted by Gasteiger charge is -2.26. The monoisotopic (exact) mass is 779 g/mol. The van der Waals surface area contributed by atoms with Crippen molar-refractivity contribution in [2.24, 2.45) is 0 Å². The number of rotatable bonds is 7. The van der Waals surface area contributed by atoms with Crippen LogP contribution in [0.2, 0.25) is 0 Å². The minimum absolute atomic E-state index is 0.894. The first-order valence-electron chi connectivity index (χ1n) is 20.7.